The standard InChI is InChI=1S/C13H17Si.C5H5.2ClH.Zr/c1-13(2,3)14-12-9-8-10-6-4-5-7-11(10)12;1-2-4-5-3-1;;;/h4-8,12H,14H2,1-3H3;1-5H;2*1H;/q2*-1;;;+4/p-2. The van der Waals surface area contributed by atoms with E-state index in [4.69, 9.17) is 0 Å². The fraction of sp³-hybridized carbons (Fsp3) is 0.278. The molecule has 2 aromatic rings. The Hall–Kier alpha value is -0.0100. The fourth-order valence-electron chi connectivity index (χ4n) is 2.34. The number of rotatable bonds is 1. The molecule has 0 aromatic heterocycles. The van der Waals surface area contributed by atoms with Gasteiger partial charge in [-0.2, -0.15) is 23.8 Å². The number of benzene rings is 1. The van der Waals surface area contributed by atoms with E-state index in [0.717, 1.165) is 0 Å². The van der Waals surface area contributed by atoms with Crippen LogP contribution in [0.15, 0.2) is 54.6 Å². The Morgan fingerprint density at radius 3 is 2.09 bits per heavy atom. The summed E-state index contributed by atoms with van der Waals surface area (Å²) in [7, 11) is -0.125. The predicted octanol–water partition coefficient (Wildman–Crippen LogP) is -1.64. The van der Waals surface area contributed by atoms with Gasteiger partial charge in [0.05, 0.1) is 0 Å². The fourth-order valence-corrected chi connectivity index (χ4v) is 4.39. The van der Waals surface area contributed by atoms with Crippen molar-refractivity contribution in [3.63, 3.8) is 0 Å². The Labute approximate surface area is 168 Å². The molecule has 4 heteroatoms. The summed E-state index contributed by atoms with van der Waals surface area (Å²) >= 11 is 0. The van der Waals surface area contributed by atoms with Crippen LogP contribution in [0.5, 0.6) is 0 Å². The molecule has 1 aliphatic rings. The van der Waals surface area contributed by atoms with Gasteiger partial charge in [0.1, 0.15) is 0 Å². The van der Waals surface area contributed by atoms with Crippen molar-refractivity contribution in [2.45, 2.75) is 31.4 Å². The summed E-state index contributed by atoms with van der Waals surface area (Å²) in [5.74, 6) is 0. The molecular weight excluding hydrogens is 406 g/mol. The van der Waals surface area contributed by atoms with E-state index in [-0.39, 0.29) is 60.5 Å². The van der Waals surface area contributed by atoms with E-state index in [2.05, 4.69) is 57.2 Å². The quantitative estimate of drug-likeness (QED) is 0.378. The van der Waals surface area contributed by atoms with Crippen LogP contribution in [0.1, 0.15) is 37.4 Å². The molecule has 0 saturated carbocycles. The van der Waals surface area contributed by atoms with Crippen molar-refractivity contribution in [2.24, 2.45) is 0 Å². The van der Waals surface area contributed by atoms with Crippen LogP contribution in [0, 0.1) is 6.08 Å². The van der Waals surface area contributed by atoms with Crippen molar-refractivity contribution in [3.05, 3.63) is 71.8 Å². The number of hydrogen-bond acceptors (Lipinski definition) is 0. The van der Waals surface area contributed by atoms with Crippen molar-refractivity contribution in [2.75, 3.05) is 0 Å². The second-order valence-electron chi connectivity index (χ2n) is 6.22. The molecule has 0 amide bonds. The van der Waals surface area contributed by atoms with Crippen LogP contribution < -0.4 is 24.8 Å². The third-order valence-electron chi connectivity index (χ3n) is 3.18. The molecule has 1 unspecified atom stereocenters. The summed E-state index contributed by atoms with van der Waals surface area (Å²) in [6.45, 7) is 7.05. The predicted molar refractivity (Wildman–Crippen MR) is 87.2 cm³/mol. The molecule has 0 N–H and O–H groups in total. The molecule has 0 nitrogen and oxygen atoms in total. The molecule has 3 rings (SSSR count). The van der Waals surface area contributed by atoms with E-state index in [1.165, 1.54) is 11.1 Å². The summed E-state index contributed by atoms with van der Waals surface area (Å²) < 4.78 is 0. The molecule has 0 aliphatic heterocycles. The largest absolute Gasteiger partial charge is 4.00 e. The van der Waals surface area contributed by atoms with Crippen molar-refractivity contribution in [1.82, 2.24) is 0 Å². The first-order valence-corrected chi connectivity index (χ1v) is 8.43. The number of fused-ring (bicyclic) bond motifs is 1. The maximum absolute atomic E-state index is 3.52. The number of halogens is 2. The zero-order valence-corrected chi connectivity index (χ0v) is 18.7. The Morgan fingerprint density at radius 2 is 1.59 bits per heavy atom. The first-order valence-electron chi connectivity index (χ1n) is 6.91. The molecule has 0 spiro atoms. The van der Waals surface area contributed by atoms with Gasteiger partial charge < -0.3 is 24.8 Å². The third kappa shape index (κ3) is 8.02. The molecule has 1 atom stereocenters. The smallest absolute Gasteiger partial charge is 1.00 e. The van der Waals surface area contributed by atoms with Crippen LogP contribution in [-0.2, 0) is 26.2 Å². The normalized spacial score (nSPS) is 15.0. The second kappa shape index (κ2) is 11.5. The Morgan fingerprint density at radius 1 is 1.00 bits per heavy atom. The minimum atomic E-state index is -0.125. The Balaban J connectivity index is 0. The summed E-state index contributed by atoms with van der Waals surface area (Å²) in [4.78, 5) is 0. The van der Waals surface area contributed by atoms with Gasteiger partial charge in [-0.3, -0.25) is 6.08 Å². The summed E-state index contributed by atoms with van der Waals surface area (Å²) in [6.07, 6.45) is 5.68. The molecule has 22 heavy (non-hydrogen) atoms. The van der Waals surface area contributed by atoms with Crippen molar-refractivity contribution in [1.29, 1.82) is 0 Å². The van der Waals surface area contributed by atoms with Crippen LogP contribution in [0.4, 0.5) is 0 Å². The Bertz CT molecular complexity index is 513. The summed E-state index contributed by atoms with van der Waals surface area (Å²) in [5.41, 5.74) is 3.54. The Kier molecular flexibility index (Phi) is 12.7. The minimum absolute atomic E-state index is 0. The van der Waals surface area contributed by atoms with Gasteiger partial charge in [0.15, 0.2) is 0 Å². The molecule has 0 saturated heterocycles. The third-order valence-corrected chi connectivity index (χ3v) is 5.49. The molecule has 0 radical (unpaired) electrons. The topological polar surface area (TPSA) is 0 Å². The molecule has 116 valence electrons. The van der Waals surface area contributed by atoms with Gasteiger partial charge in [-0.05, 0) is 5.04 Å². The van der Waals surface area contributed by atoms with Gasteiger partial charge >= 0.3 is 26.2 Å². The van der Waals surface area contributed by atoms with E-state index in [1.807, 2.05) is 30.3 Å². The van der Waals surface area contributed by atoms with Crippen LogP contribution in [-0.4, -0.2) is 9.52 Å². The van der Waals surface area contributed by atoms with Gasteiger partial charge in [0.2, 0.25) is 0 Å². The molecule has 1 aliphatic carbocycles. The molecule has 2 aromatic carbocycles. The molecule has 0 fully saturated rings. The van der Waals surface area contributed by atoms with E-state index >= 15 is 0 Å². The number of allylic oxidation sites excluding steroid dienone is 1. The van der Waals surface area contributed by atoms with Gasteiger partial charge in [-0.15, -0.1) is 11.6 Å². The summed E-state index contributed by atoms with van der Waals surface area (Å²) in [6, 6.07) is 18.7. The molecule has 0 heterocycles. The van der Waals surface area contributed by atoms with Gasteiger partial charge in [0, 0.05) is 9.52 Å². The zero-order chi connectivity index (χ0) is 13.7. The summed E-state index contributed by atoms with van der Waals surface area (Å²) in [5, 5.41) is 0.517. The second-order valence-corrected chi connectivity index (χ2v) is 9.57. The maximum atomic E-state index is 3.52. The first-order chi connectivity index (χ1) is 9.06. The van der Waals surface area contributed by atoms with Crippen LogP contribution in [0.2, 0.25) is 5.04 Å². The van der Waals surface area contributed by atoms with Crippen molar-refractivity contribution in [3.8, 4) is 0 Å². The van der Waals surface area contributed by atoms with Crippen LogP contribution in [0.25, 0.3) is 6.08 Å². The van der Waals surface area contributed by atoms with Gasteiger partial charge in [0.25, 0.3) is 0 Å². The van der Waals surface area contributed by atoms with Gasteiger partial charge in [-0.1, -0.05) is 44.5 Å². The maximum Gasteiger partial charge on any atom is 4.00 e. The molecular formula is C18H22Cl2SiZr. The zero-order valence-electron chi connectivity index (χ0n) is 13.3. The van der Waals surface area contributed by atoms with E-state index in [1.54, 1.807) is 0 Å². The van der Waals surface area contributed by atoms with Crippen LogP contribution >= 0.6 is 0 Å². The average molecular weight is 429 g/mol. The first kappa shape index (κ1) is 24.2. The SMILES string of the molecule is CC(C)(C)[SiH2]C1[C-]=Cc2ccccc21.[Cl-].[Cl-].[Zr+4].c1cc[cH-]c1. The average Bonchev–Trinajstić information content (AvgIpc) is 3.01. The van der Waals surface area contributed by atoms with Crippen molar-refractivity contribution < 1.29 is 51.0 Å². The molecule has 0 bridgehead atoms. The monoisotopic (exact) mass is 426 g/mol. The van der Waals surface area contributed by atoms with E-state index < -0.39 is 0 Å². The number of hydrogen-bond donors (Lipinski definition) is 0. The van der Waals surface area contributed by atoms with E-state index in [9.17, 15) is 0 Å². The van der Waals surface area contributed by atoms with Crippen molar-refractivity contribution >= 4 is 15.6 Å². The van der Waals surface area contributed by atoms with E-state index in [0.29, 0.717) is 10.6 Å². The van der Waals surface area contributed by atoms with Gasteiger partial charge in [-0.25, -0.2) is 18.2 Å². The van der Waals surface area contributed by atoms with Crippen LogP contribution in [0.3, 0.4) is 0 Å². The minimum Gasteiger partial charge on any atom is -1.00 e.